The van der Waals surface area contributed by atoms with E-state index in [-0.39, 0.29) is 17.6 Å². The zero-order valence-corrected chi connectivity index (χ0v) is 16.4. The molecule has 8 heteroatoms. The molecule has 0 unspecified atom stereocenters. The van der Waals surface area contributed by atoms with Gasteiger partial charge in [0.2, 0.25) is 11.7 Å². The summed E-state index contributed by atoms with van der Waals surface area (Å²) in [5.74, 6) is 0.294. The van der Waals surface area contributed by atoms with Gasteiger partial charge in [-0.2, -0.15) is 10.1 Å². The first-order valence-corrected chi connectivity index (χ1v) is 9.18. The Morgan fingerprint density at radius 3 is 2.79 bits per heavy atom. The molecule has 0 bridgehead atoms. The predicted molar refractivity (Wildman–Crippen MR) is 100 cm³/mol. The van der Waals surface area contributed by atoms with E-state index >= 15 is 0 Å². The summed E-state index contributed by atoms with van der Waals surface area (Å²) in [7, 11) is 1.87. The van der Waals surface area contributed by atoms with Crippen molar-refractivity contribution in [1.82, 2.24) is 24.8 Å². The van der Waals surface area contributed by atoms with Crippen molar-refractivity contribution in [3.05, 3.63) is 41.3 Å². The van der Waals surface area contributed by atoms with Crippen molar-refractivity contribution < 1.29 is 13.7 Å². The van der Waals surface area contributed by atoms with E-state index in [1.54, 1.807) is 16.8 Å². The molecule has 2 aromatic heterocycles. The van der Waals surface area contributed by atoms with Crippen molar-refractivity contribution in [3.63, 3.8) is 0 Å². The molecule has 4 rings (SSSR count). The lowest BCUT2D eigenvalue weighted by Gasteiger charge is -2.32. The minimum absolute atomic E-state index is 0.0962. The molecule has 0 atom stereocenters. The smallest absolute Gasteiger partial charge is 0.279 e. The van der Waals surface area contributed by atoms with Crippen LogP contribution in [-0.4, -0.2) is 37.3 Å². The van der Waals surface area contributed by atoms with Gasteiger partial charge in [0.15, 0.2) is 5.69 Å². The Morgan fingerprint density at radius 2 is 2.07 bits per heavy atom. The standard InChI is InChI=1S/C20H22FN5O2/c1-20(2,3)19(27)26-9-8-15-14(11-26)16(23-25(15)4)18-22-17(24-28-18)12-6-5-7-13(21)10-12/h5-7,10H,8-9,11H2,1-4H3. The van der Waals surface area contributed by atoms with Gasteiger partial charge in [0, 0.05) is 48.8 Å². The van der Waals surface area contributed by atoms with Crippen molar-refractivity contribution in [2.24, 2.45) is 12.5 Å². The van der Waals surface area contributed by atoms with Crippen molar-refractivity contribution in [1.29, 1.82) is 0 Å². The van der Waals surface area contributed by atoms with Gasteiger partial charge in [-0.25, -0.2) is 4.39 Å². The Labute approximate surface area is 162 Å². The number of carbonyl (C=O) groups is 1. The lowest BCUT2D eigenvalue weighted by Crippen LogP contribution is -2.42. The number of hydrogen-bond donors (Lipinski definition) is 0. The van der Waals surface area contributed by atoms with E-state index in [9.17, 15) is 9.18 Å². The topological polar surface area (TPSA) is 77.1 Å². The van der Waals surface area contributed by atoms with Crippen LogP contribution >= 0.6 is 0 Å². The number of nitrogens with zero attached hydrogens (tertiary/aromatic N) is 5. The Kier molecular flexibility index (Phi) is 4.28. The summed E-state index contributed by atoms with van der Waals surface area (Å²) >= 11 is 0. The molecule has 1 aliphatic heterocycles. The van der Waals surface area contributed by atoms with Crippen LogP contribution < -0.4 is 0 Å². The quantitative estimate of drug-likeness (QED) is 0.679. The van der Waals surface area contributed by atoms with Gasteiger partial charge in [0.05, 0.1) is 0 Å². The second-order valence-electron chi connectivity index (χ2n) is 8.06. The maximum absolute atomic E-state index is 13.5. The number of aryl methyl sites for hydroxylation is 1. The van der Waals surface area contributed by atoms with Gasteiger partial charge in [0.25, 0.3) is 5.89 Å². The number of aromatic nitrogens is 4. The molecule has 3 heterocycles. The molecule has 3 aromatic rings. The summed E-state index contributed by atoms with van der Waals surface area (Å²) in [6, 6.07) is 6.03. The highest BCUT2D eigenvalue weighted by molar-refractivity contribution is 5.82. The number of halogens is 1. The van der Waals surface area contributed by atoms with E-state index in [0.717, 1.165) is 11.3 Å². The molecule has 0 spiro atoms. The summed E-state index contributed by atoms with van der Waals surface area (Å²) < 4.78 is 20.7. The average molecular weight is 383 g/mol. The van der Waals surface area contributed by atoms with E-state index in [4.69, 9.17) is 4.52 Å². The van der Waals surface area contributed by atoms with Gasteiger partial charge >= 0.3 is 0 Å². The fraction of sp³-hybridized carbons (Fsp3) is 0.400. The highest BCUT2D eigenvalue weighted by Gasteiger charge is 2.33. The van der Waals surface area contributed by atoms with Crippen LogP contribution in [0.4, 0.5) is 4.39 Å². The number of carbonyl (C=O) groups excluding carboxylic acids is 1. The third-order valence-electron chi connectivity index (χ3n) is 4.88. The van der Waals surface area contributed by atoms with Crippen LogP contribution in [0, 0.1) is 11.2 Å². The Morgan fingerprint density at radius 1 is 1.29 bits per heavy atom. The molecule has 7 nitrogen and oxygen atoms in total. The van der Waals surface area contributed by atoms with E-state index < -0.39 is 5.41 Å². The monoisotopic (exact) mass is 383 g/mol. The zero-order valence-electron chi connectivity index (χ0n) is 16.4. The third kappa shape index (κ3) is 3.19. The molecule has 1 amide bonds. The Hall–Kier alpha value is -3.03. The van der Waals surface area contributed by atoms with E-state index in [0.29, 0.717) is 36.6 Å². The highest BCUT2D eigenvalue weighted by Crippen LogP contribution is 2.31. The number of amides is 1. The van der Waals surface area contributed by atoms with Gasteiger partial charge in [-0.15, -0.1) is 0 Å². The van der Waals surface area contributed by atoms with Crippen LogP contribution in [0.2, 0.25) is 0 Å². The number of rotatable bonds is 2. The first-order valence-electron chi connectivity index (χ1n) is 9.18. The molecule has 0 radical (unpaired) electrons. The summed E-state index contributed by atoms with van der Waals surface area (Å²) in [6.45, 7) is 6.85. The van der Waals surface area contributed by atoms with Gasteiger partial charge < -0.3 is 9.42 Å². The SMILES string of the molecule is Cn1nc(-c2nc(-c3cccc(F)c3)no2)c2c1CCN(C(=O)C(C)(C)C)C2. The van der Waals surface area contributed by atoms with Crippen LogP contribution in [0.3, 0.4) is 0 Å². The van der Waals surface area contributed by atoms with Crippen LogP contribution in [0.25, 0.3) is 23.0 Å². The molecule has 1 aromatic carbocycles. The molecule has 28 heavy (non-hydrogen) atoms. The zero-order chi connectivity index (χ0) is 20.1. The number of hydrogen-bond acceptors (Lipinski definition) is 5. The molecule has 0 N–H and O–H groups in total. The molecule has 1 aliphatic rings. The van der Waals surface area contributed by atoms with Crippen LogP contribution in [0.1, 0.15) is 32.0 Å². The molecular formula is C20H22FN5O2. The van der Waals surface area contributed by atoms with Crippen molar-refractivity contribution >= 4 is 5.91 Å². The van der Waals surface area contributed by atoms with E-state index in [2.05, 4.69) is 15.2 Å². The van der Waals surface area contributed by atoms with Crippen molar-refractivity contribution in [2.45, 2.75) is 33.7 Å². The number of fused-ring (bicyclic) bond motifs is 1. The van der Waals surface area contributed by atoms with Crippen LogP contribution in [0.5, 0.6) is 0 Å². The Bertz CT molecular complexity index is 1050. The maximum atomic E-state index is 13.5. The molecule has 0 saturated carbocycles. The van der Waals surface area contributed by atoms with Gasteiger partial charge in [-0.1, -0.05) is 38.1 Å². The Balaban J connectivity index is 1.69. The largest absolute Gasteiger partial charge is 0.337 e. The molecule has 0 aliphatic carbocycles. The fourth-order valence-corrected chi connectivity index (χ4v) is 3.48. The highest BCUT2D eigenvalue weighted by atomic mass is 19.1. The van der Waals surface area contributed by atoms with Crippen LogP contribution in [0.15, 0.2) is 28.8 Å². The molecule has 0 saturated heterocycles. The fourth-order valence-electron chi connectivity index (χ4n) is 3.48. The van der Waals surface area contributed by atoms with Gasteiger partial charge in [-0.3, -0.25) is 9.48 Å². The summed E-state index contributed by atoms with van der Waals surface area (Å²) in [5.41, 5.74) is 2.62. The first-order chi connectivity index (χ1) is 13.2. The minimum Gasteiger partial charge on any atom is -0.337 e. The maximum Gasteiger partial charge on any atom is 0.279 e. The summed E-state index contributed by atoms with van der Waals surface area (Å²) in [6.07, 6.45) is 0.714. The molecular weight excluding hydrogens is 361 g/mol. The molecule has 146 valence electrons. The predicted octanol–water partition coefficient (Wildman–Crippen LogP) is 3.21. The van der Waals surface area contributed by atoms with Crippen LogP contribution in [-0.2, 0) is 24.8 Å². The molecule has 0 fully saturated rings. The normalized spacial score (nSPS) is 14.2. The second kappa shape index (κ2) is 6.54. The third-order valence-corrected chi connectivity index (χ3v) is 4.88. The lowest BCUT2D eigenvalue weighted by atomic mass is 9.93. The first kappa shape index (κ1) is 18.3. The average Bonchev–Trinajstić information content (AvgIpc) is 3.25. The minimum atomic E-state index is -0.449. The van der Waals surface area contributed by atoms with E-state index in [1.165, 1.54) is 12.1 Å². The van der Waals surface area contributed by atoms with Gasteiger partial charge in [0.1, 0.15) is 5.82 Å². The number of benzene rings is 1. The van der Waals surface area contributed by atoms with Crippen molar-refractivity contribution in [3.8, 4) is 23.0 Å². The summed E-state index contributed by atoms with van der Waals surface area (Å²) in [4.78, 5) is 19.0. The second-order valence-corrected chi connectivity index (χ2v) is 8.06. The van der Waals surface area contributed by atoms with Crippen molar-refractivity contribution in [2.75, 3.05) is 6.54 Å². The van der Waals surface area contributed by atoms with Gasteiger partial charge in [-0.05, 0) is 12.1 Å². The lowest BCUT2D eigenvalue weighted by molar-refractivity contribution is -0.140. The summed E-state index contributed by atoms with van der Waals surface area (Å²) in [5, 5.41) is 8.52. The van der Waals surface area contributed by atoms with E-state index in [1.807, 2.05) is 32.7 Å².